The van der Waals surface area contributed by atoms with Gasteiger partial charge in [-0.25, -0.2) is 0 Å². The summed E-state index contributed by atoms with van der Waals surface area (Å²) in [6.07, 6.45) is 1.05. The molecule has 1 N–H and O–H groups in total. The molecular weight excluding hydrogens is 318 g/mol. The fraction of sp³-hybridized carbons (Fsp3) is 0.350. The lowest BCUT2D eigenvalue weighted by Gasteiger charge is -2.12. The van der Waals surface area contributed by atoms with Crippen LogP contribution in [0.4, 0.5) is 0 Å². The van der Waals surface area contributed by atoms with E-state index in [1.54, 1.807) is 20.3 Å². The lowest BCUT2D eigenvalue weighted by atomic mass is 10.1. The maximum absolute atomic E-state index is 12.2. The minimum atomic E-state index is -0.0100. The summed E-state index contributed by atoms with van der Waals surface area (Å²) >= 11 is 0. The van der Waals surface area contributed by atoms with Crippen LogP contribution in [0.15, 0.2) is 42.5 Å². The van der Waals surface area contributed by atoms with Crippen LogP contribution in [0.1, 0.15) is 24.5 Å². The van der Waals surface area contributed by atoms with Crippen molar-refractivity contribution < 1.29 is 19.0 Å². The summed E-state index contributed by atoms with van der Waals surface area (Å²) in [6.45, 7) is 2.98. The van der Waals surface area contributed by atoms with E-state index in [0.717, 1.165) is 22.6 Å². The quantitative estimate of drug-likeness (QED) is 0.759. The average Bonchev–Trinajstić information content (AvgIpc) is 2.65. The molecule has 0 saturated heterocycles. The van der Waals surface area contributed by atoms with Crippen LogP contribution in [0.2, 0.25) is 0 Å². The Hall–Kier alpha value is -2.69. The Morgan fingerprint density at radius 3 is 2.52 bits per heavy atom. The number of hydrogen-bond donors (Lipinski definition) is 1. The predicted molar refractivity (Wildman–Crippen MR) is 97.3 cm³/mol. The number of ether oxygens (including phenoxy) is 3. The van der Waals surface area contributed by atoms with Gasteiger partial charge in [0.15, 0.2) is 0 Å². The zero-order chi connectivity index (χ0) is 18.1. The third kappa shape index (κ3) is 5.41. The minimum Gasteiger partial charge on any atom is -0.497 e. The van der Waals surface area contributed by atoms with Crippen molar-refractivity contribution in [2.24, 2.45) is 0 Å². The lowest BCUT2D eigenvalue weighted by molar-refractivity contribution is -0.121. The topological polar surface area (TPSA) is 56.8 Å². The number of carbonyl (C=O) groups excluding carboxylic acids is 1. The first-order valence-corrected chi connectivity index (χ1v) is 8.36. The number of carbonyl (C=O) groups is 1. The molecule has 2 aromatic rings. The smallest absolute Gasteiger partial charge is 0.220 e. The molecule has 0 saturated carbocycles. The van der Waals surface area contributed by atoms with Crippen LogP contribution >= 0.6 is 0 Å². The molecule has 0 aliphatic carbocycles. The highest BCUT2D eigenvalue weighted by Gasteiger charge is 2.09. The summed E-state index contributed by atoms with van der Waals surface area (Å²) in [5.41, 5.74) is 1.95. The van der Waals surface area contributed by atoms with E-state index in [0.29, 0.717) is 31.7 Å². The number of para-hydroxylation sites is 1. The van der Waals surface area contributed by atoms with Gasteiger partial charge in [0.2, 0.25) is 5.91 Å². The van der Waals surface area contributed by atoms with E-state index >= 15 is 0 Å². The van der Waals surface area contributed by atoms with Crippen LogP contribution in [0, 0.1) is 0 Å². The first-order chi connectivity index (χ1) is 12.2. The van der Waals surface area contributed by atoms with E-state index < -0.39 is 0 Å². The van der Waals surface area contributed by atoms with Gasteiger partial charge in [-0.15, -0.1) is 0 Å². The Bertz CT molecular complexity index is 700. The van der Waals surface area contributed by atoms with Crippen LogP contribution < -0.4 is 19.5 Å². The fourth-order valence-corrected chi connectivity index (χ4v) is 2.53. The van der Waals surface area contributed by atoms with Crippen molar-refractivity contribution in [2.45, 2.75) is 26.3 Å². The molecular formula is C20H25NO4. The number of amides is 1. The molecule has 134 valence electrons. The molecule has 0 aliphatic heterocycles. The van der Waals surface area contributed by atoms with Gasteiger partial charge in [-0.2, -0.15) is 0 Å². The highest BCUT2D eigenvalue weighted by atomic mass is 16.5. The molecule has 0 spiro atoms. The van der Waals surface area contributed by atoms with E-state index in [2.05, 4.69) is 5.32 Å². The van der Waals surface area contributed by atoms with Crippen molar-refractivity contribution >= 4 is 5.91 Å². The normalized spacial score (nSPS) is 10.2. The van der Waals surface area contributed by atoms with Gasteiger partial charge in [0.25, 0.3) is 0 Å². The first kappa shape index (κ1) is 18.6. The molecule has 0 fully saturated rings. The molecule has 0 unspecified atom stereocenters. The van der Waals surface area contributed by atoms with Gasteiger partial charge in [-0.3, -0.25) is 4.79 Å². The molecule has 0 aliphatic rings. The van der Waals surface area contributed by atoms with Crippen LogP contribution in [0.25, 0.3) is 0 Å². The van der Waals surface area contributed by atoms with Gasteiger partial charge in [-0.1, -0.05) is 18.2 Å². The summed E-state index contributed by atoms with van der Waals surface area (Å²) in [5.74, 6) is 2.25. The van der Waals surface area contributed by atoms with Crippen molar-refractivity contribution in [1.82, 2.24) is 5.32 Å². The zero-order valence-corrected chi connectivity index (χ0v) is 15.0. The Balaban J connectivity index is 1.89. The van der Waals surface area contributed by atoms with Crippen LogP contribution in [0.5, 0.6) is 17.2 Å². The molecule has 2 rings (SSSR count). The Morgan fingerprint density at radius 1 is 1.00 bits per heavy atom. The summed E-state index contributed by atoms with van der Waals surface area (Å²) in [4.78, 5) is 12.2. The van der Waals surface area contributed by atoms with Crippen LogP contribution in [-0.2, 0) is 17.8 Å². The van der Waals surface area contributed by atoms with Gasteiger partial charge in [0.05, 0.1) is 20.8 Å². The third-order valence-corrected chi connectivity index (χ3v) is 3.86. The second kappa shape index (κ2) is 9.57. The van der Waals surface area contributed by atoms with E-state index in [1.807, 2.05) is 43.3 Å². The minimum absolute atomic E-state index is 0.0100. The summed E-state index contributed by atoms with van der Waals surface area (Å²) in [5, 5.41) is 2.93. The fourth-order valence-electron chi connectivity index (χ4n) is 2.53. The molecule has 25 heavy (non-hydrogen) atoms. The molecule has 0 heterocycles. The zero-order valence-electron chi connectivity index (χ0n) is 15.0. The van der Waals surface area contributed by atoms with Crippen molar-refractivity contribution in [1.29, 1.82) is 0 Å². The summed E-state index contributed by atoms with van der Waals surface area (Å²) in [6, 6.07) is 13.4. The maximum atomic E-state index is 12.2. The molecule has 1 amide bonds. The first-order valence-electron chi connectivity index (χ1n) is 8.36. The van der Waals surface area contributed by atoms with E-state index in [9.17, 15) is 4.79 Å². The highest BCUT2D eigenvalue weighted by Crippen LogP contribution is 2.24. The number of rotatable bonds is 9. The number of nitrogens with one attached hydrogen (secondary N) is 1. The molecule has 2 aromatic carbocycles. The predicted octanol–water partition coefficient (Wildman–Crippen LogP) is 3.35. The Morgan fingerprint density at radius 2 is 1.80 bits per heavy atom. The SMILES string of the molecule is CCOc1ccccc1CCC(=O)NCc1ccc(OC)cc1OC. The molecule has 5 nitrogen and oxygen atoms in total. The monoisotopic (exact) mass is 343 g/mol. The van der Waals surface area contributed by atoms with Crippen molar-refractivity contribution in [3.8, 4) is 17.2 Å². The number of hydrogen-bond acceptors (Lipinski definition) is 4. The second-order valence-electron chi connectivity index (χ2n) is 5.50. The molecule has 0 bridgehead atoms. The lowest BCUT2D eigenvalue weighted by Crippen LogP contribution is -2.23. The molecule has 0 radical (unpaired) electrons. The number of aryl methyl sites for hydroxylation is 1. The molecule has 0 aromatic heterocycles. The Kier molecular flexibility index (Phi) is 7.14. The number of methoxy groups -OCH3 is 2. The largest absolute Gasteiger partial charge is 0.497 e. The van der Waals surface area contributed by atoms with E-state index in [-0.39, 0.29) is 5.91 Å². The average molecular weight is 343 g/mol. The van der Waals surface area contributed by atoms with Crippen LogP contribution in [-0.4, -0.2) is 26.7 Å². The highest BCUT2D eigenvalue weighted by molar-refractivity contribution is 5.76. The molecule has 0 atom stereocenters. The summed E-state index contributed by atoms with van der Waals surface area (Å²) < 4.78 is 16.1. The van der Waals surface area contributed by atoms with E-state index in [4.69, 9.17) is 14.2 Å². The van der Waals surface area contributed by atoms with Gasteiger partial charge in [-0.05, 0) is 37.1 Å². The maximum Gasteiger partial charge on any atom is 0.220 e. The Labute approximate surface area is 148 Å². The second-order valence-corrected chi connectivity index (χ2v) is 5.50. The molecule has 5 heteroatoms. The van der Waals surface area contributed by atoms with Crippen LogP contribution in [0.3, 0.4) is 0 Å². The van der Waals surface area contributed by atoms with E-state index in [1.165, 1.54) is 0 Å². The summed E-state index contributed by atoms with van der Waals surface area (Å²) in [7, 11) is 3.21. The van der Waals surface area contributed by atoms with Gasteiger partial charge in [0.1, 0.15) is 17.2 Å². The number of benzene rings is 2. The van der Waals surface area contributed by atoms with Gasteiger partial charge < -0.3 is 19.5 Å². The van der Waals surface area contributed by atoms with Crippen molar-refractivity contribution in [3.63, 3.8) is 0 Å². The standard InChI is InChI=1S/C20H25NO4/c1-4-25-18-8-6-5-7-15(18)10-12-20(22)21-14-16-9-11-17(23-2)13-19(16)24-3/h5-9,11,13H,4,10,12,14H2,1-3H3,(H,21,22). The van der Waals surface area contributed by atoms with Crippen molar-refractivity contribution in [2.75, 3.05) is 20.8 Å². The van der Waals surface area contributed by atoms with Gasteiger partial charge >= 0.3 is 0 Å². The van der Waals surface area contributed by atoms with Crippen molar-refractivity contribution in [3.05, 3.63) is 53.6 Å². The van der Waals surface area contributed by atoms with Gasteiger partial charge in [0, 0.05) is 24.6 Å². The third-order valence-electron chi connectivity index (χ3n) is 3.86.